The first-order chi connectivity index (χ1) is 15.2. The van der Waals surface area contributed by atoms with Crippen molar-refractivity contribution in [3.8, 4) is 0 Å². The van der Waals surface area contributed by atoms with E-state index in [4.69, 9.17) is 4.74 Å². The number of carbonyl (C=O) groups excluding carboxylic acids is 1. The van der Waals surface area contributed by atoms with Gasteiger partial charge in [0.1, 0.15) is 0 Å². The summed E-state index contributed by atoms with van der Waals surface area (Å²) in [5, 5.41) is 1.15. The molecule has 0 unspecified atom stereocenters. The molecular formula is C27H24N2O2. The minimum absolute atomic E-state index is 0.0740. The molecule has 2 atom stereocenters. The molecule has 1 saturated heterocycles. The van der Waals surface area contributed by atoms with Crippen LogP contribution in [0.2, 0.25) is 0 Å². The van der Waals surface area contributed by atoms with E-state index in [0.717, 1.165) is 34.3 Å². The molecule has 1 amide bonds. The standard InChI is InChI=1S/C27H24N2O2/c1-27-26-22(16-25(30)29(27)24(18-31-27)20-12-6-3-7-13-20)21-14-8-9-15-23(21)28(26)17-19-10-4-2-5-11-19/h2-15,24H,16-18H2,1H3/t24-,27-/m0/s1. The zero-order valence-corrected chi connectivity index (χ0v) is 17.5. The normalized spacial score (nSPS) is 22.5. The van der Waals surface area contributed by atoms with Crippen LogP contribution in [0.3, 0.4) is 0 Å². The first-order valence-corrected chi connectivity index (χ1v) is 10.8. The van der Waals surface area contributed by atoms with Crippen LogP contribution in [-0.2, 0) is 28.2 Å². The molecular weight excluding hydrogens is 384 g/mol. The van der Waals surface area contributed by atoms with Gasteiger partial charge in [0, 0.05) is 17.4 Å². The van der Waals surface area contributed by atoms with Gasteiger partial charge in [-0.3, -0.25) is 9.69 Å². The summed E-state index contributed by atoms with van der Waals surface area (Å²) in [6, 6.07) is 29.0. The maximum absolute atomic E-state index is 13.5. The molecule has 2 aliphatic heterocycles. The van der Waals surface area contributed by atoms with Crippen LogP contribution in [0.5, 0.6) is 0 Å². The van der Waals surface area contributed by atoms with Crippen molar-refractivity contribution in [2.45, 2.75) is 31.7 Å². The van der Waals surface area contributed by atoms with Crippen molar-refractivity contribution < 1.29 is 9.53 Å². The van der Waals surface area contributed by atoms with Gasteiger partial charge in [-0.2, -0.15) is 0 Å². The summed E-state index contributed by atoms with van der Waals surface area (Å²) in [5.41, 5.74) is 4.92. The summed E-state index contributed by atoms with van der Waals surface area (Å²) in [6.45, 7) is 3.30. The molecule has 0 saturated carbocycles. The molecule has 3 heterocycles. The minimum atomic E-state index is -0.793. The lowest BCUT2D eigenvalue weighted by Crippen LogP contribution is -2.50. The van der Waals surface area contributed by atoms with E-state index in [-0.39, 0.29) is 11.9 Å². The monoisotopic (exact) mass is 408 g/mol. The highest BCUT2D eigenvalue weighted by Crippen LogP contribution is 2.50. The molecule has 6 rings (SSSR count). The van der Waals surface area contributed by atoms with E-state index in [1.807, 2.05) is 29.2 Å². The van der Waals surface area contributed by atoms with Crippen LogP contribution in [0.4, 0.5) is 0 Å². The van der Waals surface area contributed by atoms with Crippen LogP contribution >= 0.6 is 0 Å². The van der Waals surface area contributed by atoms with Crippen molar-refractivity contribution in [3.63, 3.8) is 0 Å². The Hall–Kier alpha value is -3.37. The lowest BCUT2D eigenvalue weighted by Gasteiger charge is -2.41. The number of ether oxygens (including phenoxy) is 1. The average Bonchev–Trinajstić information content (AvgIpc) is 3.32. The number of rotatable bonds is 3. The summed E-state index contributed by atoms with van der Waals surface area (Å²) < 4.78 is 8.85. The Kier molecular flexibility index (Phi) is 4.05. The van der Waals surface area contributed by atoms with E-state index in [2.05, 4.69) is 72.2 Å². The number of hydrogen-bond acceptors (Lipinski definition) is 2. The Bertz CT molecular complexity index is 1280. The Morgan fingerprint density at radius 1 is 0.935 bits per heavy atom. The molecule has 154 valence electrons. The van der Waals surface area contributed by atoms with Crippen molar-refractivity contribution in [2.75, 3.05) is 6.61 Å². The first-order valence-electron chi connectivity index (χ1n) is 10.8. The number of amides is 1. The van der Waals surface area contributed by atoms with E-state index >= 15 is 0 Å². The Morgan fingerprint density at radius 3 is 2.39 bits per heavy atom. The summed E-state index contributed by atoms with van der Waals surface area (Å²) in [5.74, 6) is 0.129. The highest BCUT2D eigenvalue weighted by atomic mass is 16.5. The number of carbonyl (C=O) groups is 1. The van der Waals surface area contributed by atoms with E-state index in [1.165, 1.54) is 5.56 Å². The van der Waals surface area contributed by atoms with Gasteiger partial charge < -0.3 is 9.30 Å². The molecule has 2 aliphatic rings. The molecule has 31 heavy (non-hydrogen) atoms. The number of nitrogens with zero attached hydrogens (tertiary/aromatic N) is 2. The summed E-state index contributed by atoms with van der Waals surface area (Å²) in [7, 11) is 0. The second-order valence-electron chi connectivity index (χ2n) is 8.58. The molecule has 0 N–H and O–H groups in total. The summed E-state index contributed by atoms with van der Waals surface area (Å²) >= 11 is 0. The molecule has 1 aromatic heterocycles. The van der Waals surface area contributed by atoms with Gasteiger partial charge in [0.15, 0.2) is 5.72 Å². The summed E-state index contributed by atoms with van der Waals surface area (Å²) in [4.78, 5) is 15.5. The smallest absolute Gasteiger partial charge is 0.230 e. The lowest BCUT2D eigenvalue weighted by atomic mass is 9.93. The number of benzene rings is 3. The maximum atomic E-state index is 13.5. The number of hydrogen-bond donors (Lipinski definition) is 0. The highest BCUT2D eigenvalue weighted by Gasteiger charge is 2.54. The van der Waals surface area contributed by atoms with Crippen molar-refractivity contribution in [1.82, 2.24) is 9.47 Å². The average molecular weight is 409 g/mol. The fourth-order valence-electron chi connectivity index (χ4n) is 5.45. The molecule has 4 heteroatoms. The van der Waals surface area contributed by atoms with E-state index < -0.39 is 5.72 Å². The molecule has 3 aromatic carbocycles. The molecule has 1 fully saturated rings. The molecule has 0 aliphatic carbocycles. The zero-order valence-electron chi connectivity index (χ0n) is 17.5. The quantitative estimate of drug-likeness (QED) is 0.477. The largest absolute Gasteiger partial charge is 0.347 e. The van der Waals surface area contributed by atoms with Crippen LogP contribution in [0.25, 0.3) is 10.9 Å². The first kappa shape index (κ1) is 18.4. The van der Waals surface area contributed by atoms with Crippen LogP contribution in [0.15, 0.2) is 84.9 Å². The van der Waals surface area contributed by atoms with Gasteiger partial charge in [-0.1, -0.05) is 78.9 Å². The van der Waals surface area contributed by atoms with E-state index in [0.29, 0.717) is 13.0 Å². The van der Waals surface area contributed by atoms with E-state index in [9.17, 15) is 4.79 Å². The minimum Gasteiger partial charge on any atom is -0.347 e. The predicted octanol–water partition coefficient (Wildman–Crippen LogP) is 5.02. The van der Waals surface area contributed by atoms with Gasteiger partial charge in [0.25, 0.3) is 0 Å². The van der Waals surface area contributed by atoms with Gasteiger partial charge in [0.2, 0.25) is 5.91 Å². The van der Waals surface area contributed by atoms with Crippen LogP contribution in [0.1, 0.15) is 35.3 Å². The number of fused-ring (bicyclic) bond motifs is 5. The van der Waals surface area contributed by atoms with Gasteiger partial charge >= 0.3 is 0 Å². The van der Waals surface area contributed by atoms with Gasteiger partial charge in [-0.25, -0.2) is 0 Å². The Morgan fingerprint density at radius 2 is 1.61 bits per heavy atom. The van der Waals surface area contributed by atoms with Crippen molar-refractivity contribution in [1.29, 1.82) is 0 Å². The number of aromatic nitrogens is 1. The second kappa shape index (κ2) is 6.82. The van der Waals surface area contributed by atoms with Gasteiger partial charge in [-0.15, -0.1) is 0 Å². The highest BCUT2D eigenvalue weighted by molar-refractivity contribution is 5.93. The molecule has 4 nitrogen and oxygen atoms in total. The zero-order chi connectivity index (χ0) is 21.0. The maximum Gasteiger partial charge on any atom is 0.230 e. The third-order valence-corrected chi connectivity index (χ3v) is 6.77. The van der Waals surface area contributed by atoms with Crippen LogP contribution < -0.4 is 0 Å². The fourth-order valence-corrected chi connectivity index (χ4v) is 5.45. The van der Waals surface area contributed by atoms with Crippen LogP contribution in [0, 0.1) is 0 Å². The fraction of sp³-hybridized carbons (Fsp3) is 0.222. The molecule has 0 bridgehead atoms. The SMILES string of the molecule is C[C@@]12OC[C@@H](c3ccccc3)N1C(=O)Cc1c2n(Cc2ccccc2)c2ccccc12. The molecule has 0 spiro atoms. The second-order valence-corrected chi connectivity index (χ2v) is 8.58. The Balaban J connectivity index is 1.56. The van der Waals surface area contributed by atoms with Crippen LogP contribution in [-0.4, -0.2) is 22.0 Å². The third kappa shape index (κ3) is 2.68. The predicted molar refractivity (Wildman–Crippen MR) is 121 cm³/mol. The third-order valence-electron chi connectivity index (χ3n) is 6.77. The van der Waals surface area contributed by atoms with Crippen molar-refractivity contribution >= 4 is 16.8 Å². The van der Waals surface area contributed by atoms with Gasteiger partial charge in [0.05, 0.1) is 24.8 Å². The lowest BCUT2D eigenvalue weighted by molar-refractivity contribution is -0.153. The number of para-hydroxylation sites is 1. The molecule has 4 aromatic rings. The topological polar surface area (TPSA) is 34.5 Å². The summed E-state index contributed by atoms with van der Waals surface area (Å²) in [6.07, 6.45) is 0.403. The van der Waals surface area contributed by atoms with Crippen molar-refractivity contribution in [2.24, 2.45) is 0 Å². The van der Waals surface area contributed by atoms with E-state index in [1.54, 1.807) is 0 Å². The molecule has 0 radical (unpaired) electrons. The van der Waals surface area contributed by atoms with Crippen molar-refractivity contribution in [3.05, 3.63) is 107 Å². The van der Waals surface area contributed by atoms with Gasteiger partial charge in [-0.05, 0) is 29.7 Å². The Labute approximate surface area is 181 Å².